The van der Waals surface area contributed by atoms with E-state index < -0.39 is 0 Å². The Bertz CT molecular complexity index is 1270. The average molecular weight is 526 g/mol. The SMILES string of the molecule is Cc1sc2c(c1C)C(c1ccc(Cl)cc1)=NC(CNC(=O)CCCN1CCNCC1)c1nnc(C)n1-2. The minimum atomic E-state index is -0.353. The molecule has 10 heteroatoms. The van der Waals surface area contributed by atoms with Gasteiger partial charge >= 0.3 is 0 Å². The van der Waals surface area contributed by atoms with Gasteiger partial charge < -0.3 is 15.5 Å². The van der Waals surface area contributed by atoms with Crippen LogP contribution in [0.1, 0.15) is 52.1 Å². The number of hydrogen-bond donors (Lipinski definition) is 2. The van der Waals surface area contributed by atoms with E-state index in [0.29, 0.717) is 18.0 Å². The Hall–Kier alpha value is -2.59. The van der Waals surface area contributed by atoms with E-state index in [2.05, 4.69) is 44.1 Å². The predicted molar refractivity (Wildman–Crippen MR) is 145 cm³/mol. The number of amides is 1. The summed E-state index contributed by atoms with van der Waals surface area (Å²) in [7, 11) is 0. The molecule has 2 aliphatic rings. The van der Waals surface area contributed by atoms with Gasteiger partial charge in [0.1, 0.15) is 16.9 Å². The quantitative estimate of drug-likeness (QED) is 0.492. The second-order valence-corrected chi connectivity index (χ2v) is 11.0. The van der Waals surface area contributed by atoms with Crippen LogP contribution in [0.2, 0.25) is 5.02 Å². The van der Waals surface area contributed by atoms with Crippen LogP contribution in [0, 0.1) is 20.8 Å². The Morgan fingerprint density at radius 3 is 2.67 bits per heavy atom. The lowest BCUT2D eigenvalue weighted by Crippen LogP contribution is -2.43. The molecule has 1 amide bonds. The van der Waals surface area contributed by atoms with Crippen LogP contribution in [0.15, 0.2) is 29.3 Å². The first-order valence-corrected chi connectivity index (χ1v) is 13.7. The van der Waals surface area contributed by atoms with Gasteiger partial charge in [-0.3, -0.25) is 14.4 Å². The van der Waals surface area contributed by atoms with Crippen molar-refractivity contribution < 1.29 is 4.79 Å². The number of benzene rings is 1. The van der Waals surface area contributed by atoms with Crippen LogP contribution >= 0.6 is 22.9 Å². The van der Waals surface area contributed by atoms with Gasteiger partial charge in [0, 0.05) is 60.2 Å². The van der Waals surface area contributed by atoms with Crippen molar-refractivity contribution >= 4 is 34.6 Å². The fourth-order valence-electron chi connectivity index (χ4n) is 4.83. The van der Waals surface area contributed by atoms with Gasteiger partial charge in [0.25, 0.3) is 0 Å². The third-order valence-corrected chi connectivity index (χ3v) is 8.38. The molecule has 2 aromatic heterocycles. The van der Waals surface area contributed by atoms with Gasteiger partial charge in [0.15, 0.2) is 5.82 Å². The minimum absolute atomic E-state index is 0.0437. The number of fused-ring (bicyclic) bond motifs is 3. The second-order valence-electron chi connectivity index (χ2n) is 9.40. The molecule has 8 nitrogen and oxygen atoms in total. The van der Waals surface area contributed by atoms with Gasteiger partial charge in [0.2, 0.25) is 5.91 Å². The summed E-state index contributed by atoms with van der Waals surface area (Å²) in [6.45, 7) is 11.7. The standard InChI is InChI=1S/C26H32ClN7OS/c1-16-17(2)36-26-23(16)24(19-6-8-20(27)9-7-19)30-21(25-32-31-18(3)34(25)26)15-29-22(35)5-4-12-33-13-10-28-11-14-33/h6-9,21,28H,4-5,10-15H2,1-3H3,(H,29,35). The Labute approximate surface area is 220 Å². The number of piperazine rings is 1. The molecule has 1 unspecified atom stereocenters. The topological polar surface area (TPSA) is 87.4 Å². The van der Waals surface area contributed by atoms with Gasteiger partial charge in [-0.05, 0) is 51.4 Å². The first-order valence-electron chi connectivity index (χ1n) is 12.5. The van der Waals surface area contributed by atoms with Crippen LogP contribution in [0.3, 0.4) is 0 Å². The molecule has 1 aromatic carbocycles. The zero-order valence-corrected chi connectivity index (χ0v) is 22.5. The summed E-state index contributed by atoms with van der Waals surface area (Å²) >= 11 is 7.91. The molecule has 0 spiro atoms. The van der Waals surface area contributed by atoms with E-state index in [4.69, 9.17) is 16.6 Å². The van der Waals surface area contributed by atoms with E-state index >= 15 is 0 Å². The predicted octanol–water partition coefficient (Wildman–Crippen LogP) is 3.60. The number of halogens is 1. The molecule has 1 atom stereocenters. The fourth-order valence-corrected chi connectivity index (χ4v) is 6.17. The number of aryl methyl sites for hydroxylation is 2. The van der Waals surface area contributed by atoms with Crippen molar-refractivity contribution in [2.45, 2.75) is 39.7 Å². The number of carbonyl (C=O) groups excluding carboxylic acids is 1. The van der Waals surface area contributed by atoms with Gasteiger partial charge in [-0.2, -0.15) is 0 Å². The van der Waals surface area contributed by atoms with Crippen molar-refractivity contribution in [2.24, 2.45) is 4.99 Å². The molecule has 1 saturated heterocycles. The third kappa shape index (κ3) is 5.11. The summed E-state index contributed by atoms with van der Waals surface area (Å²) in [6.07, 6.45) is 1.35. The van der Waals surface area contributed by atoms with Crippen molar-refractivity contribution in [1.82, 2.24) is 30.3 Å². The van der Waals surface area contributed by atoms with Crippen LogP contribution in [0.25, 0.3) is 5.00 Å². The molecule has 0 radical (unpaired) electrons. The molecule has 36 heavy (non-hydrogen) atoms. The Morgan fingerprint density at radius 2 is 1.92 bits per heavy atom. The third-order valence-electron chi connectivity index (χ3n) is 6.94. The first-order chi connectivity index (χ1) is 17.4. The average Bonchev–Trinajstić information content (AvgIpc) is 3.35. The maximum atomic E-state index is 12.7. The van der Waals surface area contributed by atoms with Crippen LogP contribution < -0.4 is 10.6 Å². The number of hydrogen-bond acceptors (Lipinski definition) is 7. The lowest BCUT2D eigenvalue weighted by molar-refractivity contribution is -0.121. The molecule has 5 rings (SSSR count). The molecule has 4 heterocycles. The smallest absolute Gasteiger partial charge is 0.220 e. The number of aliphatic imine (C=N–C) groups is 1. The highest BCUT2D eigenvalue weighted by molar-refractivity contribution is 7.15. The maximum absolute atomic E-state index is 12.7. The normalized spacial score (nSPS) is 17.8. The molecule has 0 aliphatic carbocycles. The highest BCUT2D eigenvalue weighted by atomic mass is 35.5. The fraction of sp³-hybridized carbons (Fsp3) is 0.462. The molecular formula is C26H32ClN7OS. The summed E-state index contributed by atoms with van der Waals surface area (Å²) in [5.41, 5.74) is 4.17. The van der Waals surface area contributed by atoms with Crippen molar-refractivity contribution in [3.8, 4) is 5.00 Å². The molecule has 2 N–H and O–H groups in total. The van der Waals surface area contributed by atoms with E-state index in [1.165, 1.54) is 10.4 Å². The van der Waals surface area contributed by atoms with Crippen molar-refractivity contribution in [3.63, 3.8) is 0 Å². The van der Waals surface area contributed by atoms with E-state index in [0.717, 1.165) is 72.6 Å². The molecule has 190 valence electrons. The highest BCUT2D eigenvalue weighted by Gasteiger charge is 2.31. The molecule has 0 saturated carbocycles. The van der Waals surface area contributed by atoms with Crippen LogP contribution in [0.4, 0.5) is 0 Å². The van der Waals surface area contributed by atoms with Gasteiger partial charge in [0.05, 0.1) is 5.71 Å². The number of aromatic nitrogens is 3. The second kappa shape index (κ2) is 10.8. The van der Waals surface area contributed by atoms with Crippen LogP contribution in [-0.2, 0) is 4.79 Å². The Morgan fingerprint density at radius 1 is 1.17 bits per heavy atom. The lowest BCUT2D eigenvalue weighted by atomic mass is 10.00. The first kappa shape index (κ1) is 25.1. The maximum Gasteiger partial charge on any atom is 0.220 e. The zero-order chi connectivity index (χ0) is 25.2. The summed E-state index contributed by atoms with van der Waals surface area (Å²) in [6, 6.07) is 7.43. The lowest BCUT2D eigenvalue weighted by Gasteiger charge is -2.26. The summed E-state index contributed by atoms with van der Waals surface area (Å²) in [5, 5.41) is 17.1. The number of rotatable bonds is 7. The Balaban J connectivity index is 1.40. The summed E-state index contributed by atoms with van der Waals surface area (Å²) in [5.74, 6) is 1.61. The monoisotopic (exact) mass is 525 g/mol. The van der Waals surface area contributed by atoms with Crippen molar-refractivity contribution in [3.05, 3.63) is 62.5 Å². The summed E-state index contributed by atoms with van der Waals surface area (Å²) in [4.78, 5) is 21.6. The zero-order valence-electron chi connectivity index (χ0n) is 21.0. The van der Waals surface area contributed by atoms with Crippen molar-refractivity contribution in [1.29, 1.82) is 0 Å². The largest absolute Gasteiger partial charge is 0.353 e. The number of nitrogens with one attached hydrogen (secondary N) is 2. The van der Waals surface area contributed by atoms with Gasteiger partial charge in [-0.1, -0.05) is 23.7 Å². The van der Waals surface area contributed by atoms with Crippen molar-refractivity contribution in [2.75, 3.05) is 39.3 Å². The molecule has 2 aliphatic heterocycles. The molecule has 1 fully saturated rings. The van der Waals surface area contributed by atoms with E-state index in [1.54, 1.807) is 11.3 Å². The number of nitrogens with zero attached hydrogens (tertiary/aromatic N) is 5. The van der Waals surface area contributed by atoms with Crippen LogP contribution in [0.5, 0.6) is 0 Å². The van der Waals surface area contributed by atoms with E-state index in [-0.39, 0.29) is 11.9 Å². The van der Waals surface area contributed by atoms with Crippen LogP contribution in [-0.4, -0.2) is 70.6 Å². The molecule has 0 bridgehead atoms. The molecular weight excluding hydrogens is 494 g/mol. The highest BCUT2D eigenvalue weighted by Crippen LogP contribution is 2.38. The Kier molecular flexibility index (Phi) is 7.52. The minimum Gasteiger partial charge on any atom is -0.353 e. The van der Waals surface area contributed by atoms with Gasteiger partial charge in [-0.15, -0.1) is 21.5 Å². The number of carbonyl (C=O) groups is 1. The molecule has 3 aromatic rings. The number of thiophene rings is 1. The van der Waals surface area contributed by atoms with E-state index in [1.807, 2.05) is 31.2 Å². The summed E-state index contributed by atoms with van der Waals surface area (Å²) < 4.78 is 2.10. The van der Waals surface area contributed by atoms with Gasteiger partial charge in [-0.25, -0.2) is 0 Å². The van der Waals surface area contributed by atoms with E-state index in [9.17, 15) is 4.79 Å².